The Kier molecular flexibility index (Phi) is 12.7. The monoisotopic (exact) mass is 455 g/mol. The van der Waals surface area contributed by atoms with Crippen LogP contribution in [-0.4, -0.2) is 53.6 Å². The summed E-state index contributed by atoms with van der Waals surface area (Å²) in [5.74, 6) is -2.13. The summed E-state index contributed by atoms with van der Waals surface area (Å²) in [5.41, 5.74) is 10.9. The van der Waals surface area contributed by atoms with Gasteiger partial charge in [-0.05, 0) is 44.1 Å². The van der Waals surface area contributed by atoms with Crippen molar-refractivity contribution in [2.45, 2.75) is 96.2 Å². The Morgan fingerprint density at radius 3 is 2.16 bits per heavy atom. The van der Waals surface area contributed by atoms with Crippen LogP contribution in [0.4, 0.5) is 4.79 Å². The van der Waals surface area contributed by atoms with Crippen molar-refractivity contribution in [2.24, 2.45) is 23.3 Å². The summed E-state index contributed by atoms with van der Waals surface area (Å²) in [6.45, 7) is 4.17. The molecule has 1 saturated carbocycles. The molecule has 1 aliphatic rings. The summed E-state index contributed by atoms with van der Waals surface area (Å²) >= 11 is 0. The van der Waals surface area contributed by atoms with Gasteiger partial charge < -0.3 is 32.5 Å². The van der Waals surface area contributed by atoms with Crippen molar-refractivity contribution < 1.29 is 24.3 Å². The molecule has 0 radical (unpaired) electrons. The third-order valence-electron chi connectivity index (χ3n) is 6.28. The Balaban J connectivity index is 2.87. The molecule has 0 saturated heterocycles. The first-order valence-corrected chi connectivity index (χ1v) is 11.8. The maximum atomic E-state index is 13.0. The molecule has 0 unspecified atom stereocenters. The van der Waals surface area contributed by atoms with Gasteiger partial charge in [-0.3, -0.25) is 9.59 Å². The van der Waals surface area contributed by atoms with Crippen molar-refractivity contribution in [2.75, 3.05) is 6.54 Å². The summed E-state index contributed by atoms with van der Waals surface area (Å²) in [4.78, 5) is 48.9. The molecule has 1 aliphatic carbocycles. The van der Waals surface area contributed by atoms with Crippen LogP contribution >= 0.6 is 0 Å². The van der Waals surface area contributed by atoms with E-state index in [1.54, 1.807) is 0 Å². The summed E-state index contributed by atoms with van der Waals surface area (Å²) in [7, 11) is 0. The zero-order valence-corrected chi connectivity index (χ0v) is 19.4. The molecule has 0 aromatic carbocycles. The van der Waals surface area contributed by atoms with E-state index in [0.717, 1.165) is 32.1 Å². The van der Waals surface area contributed by atoms with Gasteiger partial charge in [0.1, 0.15) is 18.1 Å². The van der Waals surface area contributed by atoms with Crippen molar-refractivity contribution in [3.8, 4) is 0 Å². The number of primary amides is 1. The highest BCUT2D eigenvalue weighted by atomic mass is 16.4. The number of nitrogens with two attached hydrogens (primary N) is 2. The fraction of sp³-hybridized carbons (Fsp3) is 0.818. The second-order valence-corrected chi connectivity index (χ2v) is 8.86. The van der Waals surface area contributed by atoms with Gasteiger partial charge in [-0.25, -0.2) is 9.59 Å². The van der Waals surface area contributed by atoms with E-state index in [-0.39, 0.29) is 18.3 Å². The molecule has 4 atom stereocenters. The van der Waals surface area contributed by atoms with Gasteiger partial charge in [0.25, 0.3) is 0 Å². The SMILES string of the molecule is CC[C@@H](C)[C@H](NC(=O)[C@@H](CC1CCCCC1)NC(=O)N[C@@H](CCCCN)C(=O)O)C(N)=O. The Bertz CT molecular complexity index is 624. The van der Waals surface area contributed by atoms with Gasteiger partial charge in [0.15, 0.2) is 0 Å². The van der Waals surface area contributed by atoms with Gasteiger partial charge in [0, 0.05) is 0 Å². The Morgan fingerprint density at radius 2 is 1.62 bits per heavy atom. The number of amides is 4. The number of carboxylic acids is 1. The van der Waals surface area contributed by atoms with Gasteiger partial charge in [0.05, 0.1) is 0 Å². The smallest absolute Gasteiger partial charge is 0.326 e. The van der Waals surface area contributed by atoms with Gasteiger partial charge >= 0.3 is 12.0 Å². The Morgan fingerprint density at radius 1 is 1.00 bits per heavy atom. The maximum Gasteiger partial charge on any atom is 0.326 e. The molecule has 0 heterocycles. The van der Waals surface area contributed by atoms with Crippen LogP contribution in [0, 0.1) is 11.8 Å². The number of carbonyl (C=O) groups excluding carboxylic acids is 3. The predicted octanol–water partition coefficient (Wildman–Crippen LogP) is 1.22. The minimum Gasteiger partial charge on any atom is -0.480 e. The van der Waals surface area contributed by atoms with E-state index in [1.807, 2.05) is 13.8 Å². The standard InChI is InChI=1S/C22H41N5O5/c1-3-14(2)18(19(24)28)27-20(29)17(13-15-9-5-4-6-10-15)26-22(32)25-16(21(30)31)11-7-8-12-23/h14-18H,3-13,23H2,1-2H3,(H2,24,28)(H,27,29)(H,30,31)(H2,25,26,32)/t14-,16+,17-,18+/m1/s1. The number of carboxylic acid groups (broad SMARTS) is 1. The van der Waals surface area contributed by atoms with Crippen LogP contribution in [0.5, 0.6) is 0 Å². The highest BCUT2D eigenvalue weighted by Gasteiger charge is 2.31. The molecule has 0 bridgehead atoms. The van der Waals surface area contributed by atoms with Crippen molar-refractivity contribution in [3.63, 3.8) is 0 Å². The molecule has 4 amide bonds. The molecular weight excluding hydrogens is 414 g/mol. The number of hydrogen-bond acceptors (Lipinski definition) is 5. The molecule has 1 rings (SSSR count). The highest BCUT2D eigenvalue weighted by Crippen LogP contribution is 2.27. The van der Waals surface area contributed by atoms with E-state index < -0.39 is 41.9 Å². The van der Waals surface area contributed by atoms with Crippen LogP contribution in [-0.2, 0) is 14.4 Å². The molecule has 1 fully saturated rings. The van der Waals surface area contributed by atoms with Gasteiger partial charge in [-0.15, -0.1) is 0 Å². The second-order valence-electron chi connectivity index (χ2n) is 8.86. The van der Waals surface area contributed by atoms with Gasteiger partial charge in [0.2, 0.25) is 11.8 Å². The number of aliphatic carboxylic acids is 1. The molecule has 10 nitrogen and oxygen atoms in total. The van der Waals surface area contributed by atoms with E-state index in [0.29, 0.717) is 32.2 Å². The Hall–Kier alpha value is -2.36. The molecule has 8 N–H and O–H groups in total. The zero-order chi connectivity index (χ0) is 24.1. The van der Waals surface area contributed by atoms with Crippen molar-refractivity contribution in [3.05, 3.63) is 0 Å². The number of unbranched alkanes of at least 4 members (excludes halogenated alkanes) is 1. The van der Waals surface area contributed by atoms with Crippen molar-refractivity contribution in [1.82, 2.24) is 16.0 Å². The first kappa shape index (κ1) is 27.7. The molecule has 10 heteroatoms. The summed E-state index contributed by atoms with van der Waals surface area (Å²) in [5, 5.41) is 17.2. The minimum atomic E-state index is -1.14. The number of urea groups is 1. The Labute approximate surface area is 190 Å². The lowest BCUT2D eigenvalue weighted by molar-refractivity contribution is -0.139. The van der Waals surface area contributed by atoms with E-state index >= 15 is 0 Å². The fourth-order valence-corrected chi connectivity index (χ4v) is 4.08. The summed E-state index contributed by atoms with van der Waals surface area (Å²) < 4.78 is 0. The lowest BCUT2D eigenvalue weighted by Gasteiger charge is -2.29. The third kappa shape index (κ3) is 9.84. The number of nitrogens with one attached hydrogen (secondary N) is 3. The molecule has 0 spiro atoms. The first-order chi connectivity index (χ1) is 15.2. The topological polar surface area (TPSA) is 177 Å². The lowest BCUT2D eigenvalue weighted by Crippen LogP contribution is -2.57. The van der Waals surface area contributed by atoms with Crippen molar-refractivity contribution in [1.29, 1.82) is 0 Å². The minimum absolute atomic E-state index is 0.153. The van der Waals surface area contributed by atoms with Gasteiger partial charge in [-0.1, -0.05) is 52.4 Å². The van der Waals surface area contributed by atoms with Crippen LogP contribution in [0.2, 0.25) is 0 Å². The quantitative estimate of drug-likeness (QED) is 0.214. The maximum absolute atomic E-state index is 13.0. The van der Waals surface area contributed by atoms with Crippen LogP contribution < -0.4 is 27.4 Å². The summed E-state index contributed by atoms with van der Waals surface area (Å²) in [6, 6.07) is -3.52. The lowest BCUT2D eigenvalue weighted by atomic mass is 9.84. The first-order valence-electron chi connectivity index (χ1n) is 11.8. The average Bonchev–Trinajstić information content (AvgIpc) is 2.76. The number of carbonyl (C=O) groups is 4. The molecule has 0 aromatic heterocycles. The predicted molar refractivity (Wildman–Crippen MR) is 122 cm³/mol. The van der Waals surface area contributed by atoms with E-state index in [2.05, 4.69) is 16.0 Å². The second kappa shape index (κ2) is 14.7. The third-order valence-corrected chi connectivity index (χ3v) is 6.28. The number of rotatable bonds is 14. The van der Waals surface area contributed by atoms with E-state index in [9.17, 15) is 24.3 Å². The van der Waals surface area contributed by atoms with E-state index in [1.165, 1.54) is 0 Å². The van der Waals surface area contributed by atoms with Crippen LogP contribution in [0.3, 0.4) is 0 Å². The van der Waals surface area contributed by atoms with Crippen LogP contribution in [0.1, 0.15) is 78.1 Å². The van der Waals surface area contributed by atoms with Crippen LogP contribution in [0.25, 0.3) is 0 Å². The average molecular weight is 456 g/mol. The van der Waals surface area contributed by atoms with E-state index in [4.69, 9.17) is 11.5 Å². The van der Waals surface area contributed by atoms with Gasteiger partial charge in [-0.2, -0.15) is 0 Å². The largest absolute Gasteiger partial charge is 0.480 e. The summed E-state index contributed by atoms with van der Waals surface area (Å²) in [6.07, 6.45) is 7.78. The molecule has 0 aromatic rings. The molecular formula is C22H41N5O5. The molecule has 0 aliphatic heterocycles. The highest BCUT2D eigenvalue weighted by molar-refractivity contribution is 5.92. The zero-order valence-electron chi connectivity index (χ0n) is 19.4. The number of hydrogen-bond donors (Lipinski definition) is 6. The molecule has 32 heavy (non-hydrogen) atoms. The van der Waals surface area contributed by atoms with Crippen LogP contribution in [0.15, 0.2) is 0 Å². The molecule has 184 valence electrons. The normalized spacial score (nSPS) is 18.1. The fourth-order valence-electron chi connectivity index (χ4n) is 4.08. The van der Waals surface area contributed by atoms with Crippen molar-refractivity contribution >= 4 is 23.8 Å².